The van der Waals surface area contributed by atoms with E-state index in [1.54, 1.807) is 19.1 Å². The van der Waals surface area contributed by atoms with Gasteiger partial charge in [0.1, 0.15) is 5.69 Å². The summed E-state index contributed by atoms with van der Waals surface area (Å²) >= 11 is 0. The number of likely N-dealkylation sites (N-methyl/N-ethyl adjacent to an activating group) is 1. The minimum atomic E-state index is -4.56. The molecule has 0 saturated carbocycles. The highest BCUT2D eigenvalue weighted by atomic mass is 19.4. The van der Waals surface area contributed by atoms with Crippen molar-refractivity contribution in [2.24, 2.45) is 0 Å². The van der Waals surface area contributed by atoms with Gasteiger partial charge in [0.25, 0.3) is 11.8 Å². The van der Waals surface area contributed by atoms with Crippen molar-refractivity contribution < 1.29 is 23.1 Å². The van der Waals surface area contributed by atoms with Gasteiger partial charge in [0, 0.05) is 49.5 Å². The Labute approximate surface area is 218 Å². The summed E-state index contributed by atoms with van der Waals surface area (Å²) in [6, 6.07) is 8.67. The van der Waals surface area contributed by atoms with Crippen LogP contribution in [0.2, 0.25) is 0 Å². The van der Waals surface area contributed by atoms with Gasteiger partial charge in [0.2, 0.25) is 0 Å². The number of alkyl halides is 3. The van der Waals surface area contributed by atoms with Gasteiger partial charge in [0.05, 0.1) is 11.8 Å². The number of amides is 1. The van der Waals surface area contributed by atoms with Crippen molar-refractivity contribution in [2.45, 2.75) is 19.6 Å². The number of benzene rings is 2. The molecule has 38 heavy (non-hydrogen) atoms. The Bertz CT molecular complexity index is 1410. The van der Waals surface area contributed by atoms with Crippen LogP contribution in [0.25, 0.3) is 0 Å². The van der Waals surface area contributed by atoms with Crippen LogP contribution < -0.4 is 11.1 Å². The maximum absolute atomic E-state index is 13.9. The molecular formula is C27H27F3N6O2. The first kappa shape index (κ1) is 26.9. The standard InChI is InChI=1S/C27H27F3N6O2/c1-17-3-4-19(13-18(17)5-8-22-15-32-24(31)26(38)34-22)25(37)33-21-7-6-20(23(14-21)27(28,29)30)16-36-11-9-35(2)10-12-36/h3-4,6-7,13-15H,9-12,16H2,1-2H3,(H2,31,32)(H,33,37)(H,34,38). The molecule has 11 heteroatoms. The van der Waals surface area contributed by atoms with Crippen molar-refractivity contribution in [3.63, 3.8) is 0 Å². The molecular weight excluding hydrogens is 497 g/mol. The summed E-state index contributed by atoms with van der Waals surface area (Å²) in [5.74, 6) is 4.50. The highest BCUT2D eigenvalue weighted by Gasteiger charge is 2.34. The summed E-state index contributed by atoms with van der Waals surface area (Å²) in [5.41, 5.74) is 6.58. The number of aryl methyl sites for hydroxylation is 1. The monoisotopic (exact) mass is 524 g/mol. The fourth-order valence-electron chi connectivity index (χ4n) is 3.98. The number of nitrogens with zero attached hydrogens (tertiary/aromatic N) is 4. The normalized spacial score (nSPS) is 14.6. The second-order valence-electron chi connectivity index (χ2n) is 9.15. The second kappa shape index (κ2) is 11.1. The minimum absolute atomic E-state index is 0.0466. The van der Waals surface area contributed by atoms with E-state index in [1.165, 1.54) is 24.4 Å². The first-order valence-electron chi connectivity index (χ1n) is 11.9. The predicted molar refractivity (Wildman–Crippen MR) is 137 cm³/mol. The molecule has 0 bridgehead atoms. The van der Waals surface area contributed by atoms with E-state index >= 15 is 0 Å². The smallest absolute Gasteiger partial charge is 0.416 e. The number of aromatic nitrogens is 2. The molecule has 2 heterocycles. The van der Waals surface area contributed by atoms with Crippen molar-refractivity contribution in [1.82, 2.24) is 19.8 Å². The zero-order chi connectivity index (χ0) is 27.4. The van der Waals surface area contributed by atoms with Gasteiger partial charge in [-0.1, -0.05) is 18.1 Å². The van der Waals surface area contributed by atoms with Crippen LogP contribution in [0.3, 0.4) is 0 Å². The lowest BCUT2D eigenvalue weighted by Gasteiger charge is -2.33. The first-order valence-corrected chi connectivity index (χ1v) is 11.9. The zero-order valence-electron chi connectivity index (χ0n) is 20.9. The minimum Gasteiger partial charge on any atom is -0.491 e. The zero-order valence-corrected chi connectivity index (χ0v) is 20.9. The van der Waals surface area contributed by atoms with Gasteiger partial charge < -0.3 is 21.1 Å². The van der Waals surface area contributed by atoms with E-state index in [2.05, 4.69) is 32.0 Å². The SMILES string of the molecule is Cc1ccc(C(=O)Nc2ccc(CN3CCN(C)CC3)c(C(F)(F)F)c2)cc1C#Cc1cnc(N)c(O)n1. The van der Waals surface area contributed by atoms with Crippen molar-refractivity contribution in [1.29, 1.82) is 0 Å². The number of nitrogen functional groups attached to an aromatic ring is 1. The highest BCUT2D eigenvalue weighted by molar-refractivity contribution is 6.04. The number of aromatic hydroxyl groups is 1. The van der Waals surface area contributed by atoms with Gasteiger partial charge in [-0.15, -0.1) is 0 Å². The van der Waals surface area contributed by atoms with Gasteiger partial charge in [-0.25, -0.2) is 9.97 Å². The van der Waals surface area contributed by atoms with Gasteiger partial charge in [-0.3, -0.25) is 9.69 Å². The largest absolute Gasteiger partial charge is 0.491 e. The number of carbonyl (C=O) groups is 1. The molecule has 2 aromatic carbocycles. The lowest BCUT2D eigenvalue weighted by atomic mass is 10.0. The van der Waals surface area contributed by atoms with E-state index in [4.69, 9.17) is 5.73 Å². The Balaban J connectivity index is 1.53. The van der Waals surface area contributed by atoms with Crippen LogP contribution >= 0.6 is 0 Å². The fraction of sp³-hybridized carbons (Fsp3) is 0.296. The van der Waals surface area contributed by atoms with Gasteiger partial charge in [-0.2, -0.15) is 13.2 Å². The van der Waals surface area contributed by atoms with E-state index in [-0.39, 0.29) is 34.9 Å². The van der Waals surface area contributed by atoms with Crippen LogP contribution in [0, 0.1) is 18.8 Å². The number of hydrogen-bond donors (Lipinski definition) is 3. The molecule has 0 unspecified atom stereocenters. The molecule has 1 aliphatic heterocycles. The van der Waals surface area contributed by atoms with Crippen molar-refractivity contribution >= 4 is 17.4 Å². The van der Waals surface area contributed by atoms with Gasteiger partial charge in [0.15, 0.2) is 5.82 Å². The summed E-state index contributed by atoms with van der Waals surface area (Å²) in [6.45, 7) is 4.97. The Morgan fingerprint density at radius 3 is 2.55 bits per heavy atom. The lowest BCUT2D eigenvalue weighted by Crippen LogP contribution is -2.44. The molecule has 0 spiro atoms. The summed E-state index contributed by atoms with van der Waals surface area (Å²) in [4.78, 5) is 24.6. The van der Waals surface area contributed by atoms with E-state index in [0.717, 1.165) is 24.7 Å². The topological polar surface area (TPSA) is 108 Å². The van der Waals surface area contributed by atoms with Crippen molar-refractivity contribution in [3.8, 4) is 17.7 Å². The number of hydrogen-bond acceptors (Lipinski definition) is 7. The lowest BCUT2D eigenvalue weighted by molar-refractivity contribution is -0.138. The second-order valence-corrected chi connectivity index (χ2v) is 9.15. The molecule has 4 N–H and O–H groups in total. The number of halogens is 3. The molecule has 1 saturated heterocycles. The van der Waals surface area contributed by atoms with Crippen LogP contribution in [-0.2, 0) is 12.7 Å². The maximum atomic E-state index is 13.9. The van der Waals surface area contributed by atoms with E-state index in [9.17, 15) is 23.1 Å². The molecule has 1 amide bonds. The number of nitrogens with two attached hydrogens (primary N) is 1. The molecule has 3 aromatic rings. The number of carbonyl (C=O) groups excluding carboxylic acids is 1. The average molecular weight is 525 g/mol. The number of piperazine rings is 1. The van der Waals surface area contributed by atoms with E-state index < -0.39 is 23.5 Å². The van der Waals surface area contributed by atoms with Crippen LogP contribution in [0.4, 0.5) is 24.7 Å². The summed E-state index contributed by atoms with van der Waals surface area (Å²) in [6.07, 6.45) is -3.26. The third-order valence-corrected chi connectivity index (χ3v) is 6.27. The maximum Gasteiger partial charge on any atom is 0.416 e. The molecule has 1 aromatic heterocycles. The third-order valence-electron chi connectivity index (χ3n) is 6.27. The fourth-order valence-corrected chi connectivity index (χ4v) is 3.98. The number of nitrogens with one attached hydrogen (secondary N) is 1. The first-order chi connectivity index (χ1) is 18.0. The predicted octanol–water partition coefficient (Wildman–Crippen LogP) is 3.49. The third kappa shape index (κ3) is 6.59. The molecule has 0 atom stereocenters. The molecule has 4 rings (SSSR count). The molecule has 198 valence electrons. The Hall–Kier alpha value is -4.14. The molecule has 8 nitrogen and oxygen atoms in total. The molecule has 0 aliphatic carbocycles. The summed E-state index contributed by atoms with van der Waals surface area (Å²) in [5, 5.41) is 12.2. The molecule has 1 aliphatic rings. The van der Waals surface area contributed by atoms with E-state index in [0.29, 0.717) is 18.7 Å². The van der Waals surface area contributed by atoms with Crippen LogP contribution in [0.15, 0.2) is 42.6 Å². The van der Waals surface area contributed by atoms with Crippen molar-refractivity contribution in [3.05, 3.63) is 76.1 Å². The quantitative estimate of drug-likeness (QED) is 0.449. The number of rotatable bonds is 4. The molecule has 1 fully saturated rings. The van der Waals surface area contributed by atoms with Crippen LogP contribution in [0.5, 0.6) is 5.88 Å². The Morgan fingerprint density at radius 2 is 1.87 bits per heavy atom. The Morgan fingerprint density at radius 1 is 1.13 bits per heavy atom. The van der Waals surface area contributed by atoms with Crippen molar-refractivity contribution in [2.75, 3.05) is 44.3 Å². The average Bonchev–Trinajstić information content (AvgIpc) is 2.87. The Kier molecular flexibility index (Phi) is 7.85. The highest BCUT2D eigenvalue weighted by Crippen LogP contribution is 2.34. The summed E-state index contributed by atoms with van der Waals surface area (Å²) in [7, 11) is 1.99. The van der Waals surface area contributed by atoms with E-state index in [1.807, 2.05) is 11.9 Å². The van der Waals surface area contributed by atoms with Gasteiger partial charge >= 0.3 is 6.18 Å². The number of anilines is 2. The molecule has 0 radical (unpaired) electrons. The summed E-state index contributed by atoms with van der Waals surface area (Å²) < 4.78 is 41.7. The van der Waals surface area contributed by atoms with Crippen LogP contribution in [0.1, 0.15) is 38.3 Å². The van der Waals surface area contributed by atoms with Crippen LogP contribution in [-0.4, -0.2) is 64.0 Å². The van der Waals surface area contributed by atoms with Gasteiger partial charge in [-0.05, 0) is 55.3 Å².